The molecular weight excluding hydrogens is 269 g/mol. The Morgan fingerprint density at radius 3 is 2.78 bits per heavy atom. The molecule has 0 aliphatic carbocycles. The third-order valence-corrected chi connectivity index (χ3v) is 4.14. The number of hydrogen-bond acceptors (Lipinski definition) is 2. The predicted octanol–water partition coefficient (Wildman–Crippen LogP) is 3.69. The Morgan fingerprint density at radius 1 is 1.39 bits per heavy atom. The Balaban J connectivity index is 2.08. The topological polar surface area (TPSA) is 21.3 Å². The van der Waals surface area contributed by atoms with Crippen LogP contribution in [0.2, 0.25) is 10.0 Å². The van der Waals surface area contributed by atoms with Crippen molar-refractivity contribution in [2.75, 3.05) is 7.05 Å². The molecule has 1 heterocycles. The highest BCUT2D eigenvalue weighted by Gasteiger charge is 2.29. The maximum atomic E-state index is 6.21. The molecule has 0 amide bonds. The van der Waals surface area contributed by atoms with Crippen molar-refractivity contribution in [3.63, 3.8) is 0 Å². The van der Waals surface area contributed by atoms with Crippen molar-refractivity contribution < 1.29 is 4.74 Å². The molecule has 1 saturated heterocycles. The van der Waals surface area contributed by atoms with Gasteiger partial charge in [0.15, 0.2) is 0 Å². The Morgan fingerprint density at radius 2 is 2.17 bits per heavy atom. The van der Waals surface area contributed by atoms with Crippen molar-refractivity contribution in [1.82, 2.24) is 5.32 Å². The first-order valence-electron chi connectivity index (χ1n) is 6.37. The van der Waals surface area contributed by atoms with E-state index in [1.807, 2.05) is 25.2 Å². The molecule has 0 saturated carbocycles. The molecule has 1 fully saturated rings. The Bertz CT molecular complexity index is 411. The van der Waals surface area contributed by atoms with E-state index in [0.717, 1.165) is 34.9 Å². The van der Waals surface area contributed by atoms with Gasteiger partial charge in [0, 0.05) is 16.1 Å². The summed E-state index contributed by atoms with van der Waals surface area (Å²) in [5.74, 6) is 0. The van der Waals surface area contributed by atoms with Gasteiger partial charge in [-0.15, -0.1) is 0 Å². The molecule has 1 aliphatic rings. The molecule has 0 aromatic heterocycles. The second-order valence-electron chi connectivity index (χ2n) is 4.90. The smallest absolute Gasteiger partial charge is 0.0735 e. The lowest BCUT2D eigenvalue weighted by molar-refractivity contribution is 0.0337. The Labute approximate surface area is 119 Å². The molecule has 4 heteroatoms. The zero-order valence-electron chi connectivity index (χ0n) is 10.7. The van der Waals surface area contributed by atoms with E-state index in [-0.39, 0.29) is 12.1 Å². The van der Waals surface area contributed by atoms with Crippen LogP contribution in [0.5, 0.6) is 0 Å². The normalized spacial score (nSPS) is 25.3. The first kappa shape index (κ1) is 14.1. The van der Waals surface area contributed by atoms with Crippen LogP contribution in [0.3, 0.4) is 0 Å². The summed E-state index contributed by atoms with van der Waals surface area (Å²) in [5, 5.41) is 4.83. The van der Waals surface area contributed by atoms with Gasteiger partial charge in [0.25, 0.3) is 0 Å². The molecule has 2 nitrogen and oxygen atoms in total. The van der Waals surface area contributed by atoms with E-state index < -0.39 is 0 Å². The molecule has 1 aliphatic heterocycles. The summed E-state index contributed by atoms with van der Waals surface area (Å²) in [6, 6.07) is 5.89. The van der Waals surface area contributed by atoms with Gasteiger partial charge in [-0.05, 0) is 57.0 Å². The van der Waals surface area contributed by atoms with E-state index in [9.17, 15) is 0 Å². The van der Waals surface area contributed by atoms with E-state index in [1.54, 1.807) is 0 Å². The van der Waals surface area contributed by atoms with Gasteiger partial charge in [-0.2, -0.15) is 0 Å². The van der Waals surface area contributed by atoms with Gasteiger partial charge < -0.3 is 10.1 Å². The fourth-order valence-corrected chi connectivity index (χ4v) is 2.87. The van der Waals surface area contributed by atoms with Crippen molar-refractivity contribution in [3.8, 4) is 0 Å². The van der Waals surface area contributed by atoms with Crippen molar-refractivity contribution in [2.24, 2.45) is 0 Å². The minimum atomic E-state index is 0.264. The number of hydrogen-bond donors (Lipinski definition) is 1. The van der Waals surface area contributed by atoms with Gasteiger partial charge in [-0.1, -0.05) is 23.2 Å². The summed E-state index contributed by atoms with van der Waals surface area (Å²) in [4.78, 5) is 0. The molecule has 1 aromatic rings. The largest absolute Gasteiger partial charge is 0.374 e. The van der Waals surface area contributed by atoms with E-state index in [4.69, 9.17) is 27.9 Å². The Kier molecular flexibility index (Phi) is 4.91. The molecule has 18 heavy (non-hydrogen) atoms. The van der Waals surface area contributed by atoms with Crippen molar-refractivity contribution >= 4 is 23.2 Å². The molecule has 2 rings (SSSR count). The number of benzene rings is 1. The van der Waals surface area contributed by atoms with Crippen LogP contribution in [0.4, 0.5) is 0 Å². The van der Waals surface area contributed by atoms with Gasteiger partial charge in [0.1, 0.15) is 0 Å². The molecule has 0 spiro atoms. The van der Waals surface area contributed by atoms with Gasteiger partial charge in [-0.3, -0.25) is 0 Å². The monoisotopic (exact) mass is 287 g/mol. The third kappa shape index (κ3) is 3.39. The van der Waals surface area contributed by atoms with Crippen LogP contribution in [-0.2, 0) is 11.2 Å². The number of likely N-dealkylation sites (N-methyl/N-ethyl adjacent to an activating group) is 1. The first-order chi connectivity index (χ1) is 8.60. The molecule has 1 aromatic carbocycles. The summed E-state index contributed by atoms with van der Waals surface area (Å²) < 4.78 is 5.92. The molecule has 100 valence electrons. The molecule has 0 bridgehead atoms. The van der Waals surface area contributed by atoms with Crippen LogP contribution in [0.25, 0.3) is 0 Å². The number of nitrogens with one attached hydrogen (secondary N) is 1. The van der Waals surface area contributed by atoms with Crippen molar-refractivity contribution in [3.05, 3.63) is 33.8 Å². The standard InChI is InChI=1S/C14H19Cl2NO/c1-9-3-6-14(18-9)13(17-2)8-10-7-11(15)4-5-12(10)16/h4-5,7,9,13-14,17H,3,6,8H2,1-2H3. The molecule has 3 atom stereocenters. The van der Waals surface area contributed by atoms with E-state index in [1.165, 1.54) is 0 Å². The summed E-state index contributed by atoms with van der Waals surface area (Å²) in [5.41, 5.74) is 1.08. The maximum absolute atomic E-state index is 6.21. The predicted molar refractivity (Wildman–Crippen MR) is 76.6 cm³/mol. The van der Waals surface area contributed by atoms with Crippen LogP contribution >= 0.6 is 23.2 Å². The average Bonchev–Trinajstić information content (AvgIpc) is 2.77. The summed E-state index contributed by atoms with van der Waals surface area (Å²) in [7, 11) is 1.97. The van der Waals surface area contributed by atoms with Crippen LogP contribution in [0.1, 0.15) is 25.3 Å². The minimum Gasteiger partial charge on any atom is -0.374 e. The van der Waals surface area contributed by atoms with Crippen molar-refractivity contribution in [2.45, 2.75) is 44.4 Å². The second-order valence-corrected chi connectivity index (χ2v) is 5.74. The van der Waals surface area contributed by atoms with Crippen LogP contribution in [-0.4, -0.2) is 25.3 Å². The molecule has 0 radical (unpaired) electrons. The van der Waals surface area contributed by atoms with Crippen LogP contribution in [0, 0.1) is 0 Å². The highest BCUT2D eigenvalue weighted by molar-refractivity contribution is 6.33. The first-order valence-corrected chi connectivity index (χ1v) is 7.12. The van der Waals surface area contributed by atoms with Gasteiger partial charge in [-0.25, -0.2) is 0 Å². The zero-order chi connectivity index (χ0) is 13.1. The number of halogens is 2. The number of rotatable bonds is 4. The summed E-state index contributed by atoms with van der Waals surface area (Å²) >= 11 is 12.2. The second kappa shape index (κ2) is 6.25. The zero-order valence-corrected chi connectivity index (χ0v) is 12.3. The average molecular weight is 288 g/mol. The van der Waals surface area contributed by atoms with Gasteiger partial charge in [0.05, 0.1) is 12.2 Å². The fourth-order valence-electron chi connectivity index (χ4n) is 2.49. The lowest BCUT2D eigenvalue weighted by atomic mass is 9.99. The minimum absolute atomic E-state index is 0.264. The van der Waals surface area contributed by atoms with Crippen LogP contribution < -0.4 is 5.32 Å². The highest BCUT2D eigenvalue weighted by Crippen LogP contribution is 2.27. The Hall–Kier alpha value is -0.280. The van der Waals surface area contributed by atoms with E-state index in [2.05, 4.69) is 12.2 Å². The lowest BCUT2D eigenvalue weighted by Gasteiger charge is -2.23. The van der Waals surface area contributed by atoms with Gasteiger partial charge >= 0.3 is 0 Å². The molecular formula is C14H19Cl2NO. The fraction of sp³-hybridized carbons (Fsp3) is 0.571. The van der Waals surface area contributed by atoms with E-state index >= 15 is 0 Å². The van der Waals surface area contributed by atoms with Gasteiger partial charge in [0.2, 0.25) is 0 Å². The van der Waals surface area contributed by atoms with Crippen LogP contribution in [0.15, 0.2) is 18.2 Å². The van der Waals surface area contributed by atoms with E-state index in [0.29, 0.717) is 6.10 Å². The summed E-state index contributed by atoms with van der Waals surface area (Å²) in [6.45, 7) is 2.12. The third-order valence-electron chi connectivity index (χ3n) is 3.53. The summed E-state index contributed by atoms with van der Waals surface area (Å²) in [6.07, 6.45) is 3.70. The SMILES string of the molecule is CNC(Cc1cc(Cl)ccc1Cl)C1CCC(C)O1. The van der Waals surface area contributed by atoms with Crippen molar-refractivity contribution in [1.29, 1.82) is 0 Å². The maximum Gasteiger partial charge on any atom is 0.0735 e. The molecule has 3 unspecified atom stereocenters. The molecule has 1 N–H and O–H groups in total. The highest BCUT2D eigenvalue weighted by atomic mass is 35.5. The lowest BCUT2D eigenvalue weighted by Crippen LogP contribution is -2.39. The number of ether oxygens (including phenoxy) is 1. The quantitative estimate of drug-likeness (QED) is 0.912.